The summed E-state index contributed by atoms with van der Waals surface area (Å²) in [6.45, 7) is 1.93. The van der Waals surface area contributed by atoms with Gasteiger partial charge in [-0.3, -0.25) is 19.6 Å². The Balaban J connectivity index is 1.57. The molecule has 1 amide bonds. The molecule has 0 aliphatic heterocycles. The molecule has 0 radical (unpaired) electrons. The summed E-state index contributed by atoms with van der Waals surface area (Å²) in [5.41, 5.74) is 0.564. The zero-order valence-corrected chi connectivity index (χ0v) is 17.4. The van der Waals surface area contributed by atoms with Crippen LogP contribution in [0.15, 0.2) is 65.5 Å². The molecule has 0 aliphatic rings. The number of hydrogen-bond donors (Lipinski definition) is 1. The number of hydrogen-bond acceptors (Lipinski definition) is 8. The third-order valence-electron chi connectivity index (χ3n) is 4.53. The SMILES string of the molecule is CCOC(=O)c1cnn(-c2ccccc2)c1NC(=O)c1ccc(Cn2cc([N+](=O)[O-])cn2)o1. The fraction of sp³-hybridized carbons (Fsp3) is 0.143. The molecule has 0 saturated carbocycles. The summed E-state index contributed by atoms with van der Waals surface area (Å²) < 4.78 is 13.4. The number of carbonyl (C=O) groups is 2. The van der Waals surface area contributed by atoms with Crippen LogP contribution in [0.25, 0.3) is 5.69 Å². The average molecular weight is 450 g/mol. The molecule has 12 heteroatoms. The van der Waals surface area contributed by atoms with E-state index in [9.17, 15) is 19.7 Å². The second kappa shape index (κ2) is 9.18. The van der Waals surface area contributed by atoms with Crippen LogP contribution in [0.3, 0.4) is 0 Å². The van der Waals surface area contributed by atoms with E-state index in [4.69, 9.17) is 9.15 Å². The van der Waals surface area contributed by atoms with Crippen LogP contribution < -0.4 is 5.32 Å². The molecule has 0 spiro atoms. The number of carbonyl (C=O) groups excluding carboxylic acids is 2. The lowest BCUT2D eigenvalue weighted by Gasteiger charge is -2.10. The fourth-order valence-corrected chi connectivity index (χ4v) is 3.04. The monoisotopic (exact) mass is 450 g/mol. The molecule has 3 aromatic heterocycles. The standard InChI is InChI=1S/C21H18N6O6/c1-2-32-21(29)17-11-23-26(14-6-4-3-5-7-14)19(17)24-20(28)18-9-8-16(33-18)13-25-12-15(10-22-25)27(30)31/h3-12H,2,13H2,1H3,(H,24,28). The van der Waals surface area contributed by atoms with Crippen molar-refractivity contribution in [3.63, 3.8) is 0 Å². The third kappa shape index (κ3) is 4.63. The van der Waals surface area contributed by atoms with E-state index in [1.807, 2.05) is 6.07 Å². The van der Waals surface area contributed by atoms with Crippen LogP contribution in [0.4, 0.5) is 11.5 Å². The van der Waals surface area contributed by atoms with Crippen LogP contribution in [0, 0.1) is 10.1 Å². The van der Waals surface area contributed by atoms with Gasteiger partial charge in [-0.15, -0.1) is 0 Å². The smallest absolute Gasteiger partial charge is 0.343 e. The number of anilines is 1. The van der Waals surface area contributed by atoms with E-state index in [0.29, 0.717) is 11.4 Å². The number of benzene rings is 1. The zero-order chi connectivity index (χ0) is 23.4. The molecule has 1 N–H and O–H groups in total. The maximum absolute atomic E-state index is 12.9. The van der Waals surface area contributed by atoms with Gasteiger partial charge in [0.2, 0.25) is 0 Å². The number of furan rings is 1. The molecule has 3 heterocycles. The predicted octanol–water partition coefficient (Wildman–Crippen LogP) is 3.05. The number of esters is 1. The molecule has 0 atom stereocenters. The van der Waals surface area contributed by atoms with Gasteiger partial charge in [0.1, 0.15) is 23.7 Å². The minimum absolute atomic E-state index is 0.0257. The number of ether oxygens (including phenoxy) is 1. The zero-order valence-electron chi connectivity index (χ0n) is 17.4. The van der Waals surface area contributed by atoms with Crippen molar-refractivity contribution in [3.05, 3.63) is 88.3 Å². The number of aromatic nitrogens is 4. The van der Waals surface area contributed by atoms with E-state index < -0.39 is 16.8 Å². The highest BCUT2D eigenvalue weighted by Gasteiger charge is 2.23. The van der Waals surface area contributed by atoms with E-state index in [1.54, 1.807) is 37.3 Å². The van der Waals surface area contributed by atoms with Crippen molar-refractivity contribution in [2.45, 2.75) is 13.5 Å². The van der Waals surface area contributed by atoms with Gasteiger partial charge in [0.15, 0.2) is 11.6 Å². The highest BCUT2D eigenvalue weighted by Crippen LogP contribution is 2.23. The van der Waals surface area contributed by atoms with Gasteiger partial charge in [-0.2, -0.15) is 10.2 Å². The van der Waals surface area contributed by atoms with E-state index in [0.717, 1.165) is 6.20 Å². The first-order chi connectivity index (χ1) is 16.0. The van der Waals surface area contributed by atoms with Gasteiger partial charge in [0.05, 0.1) is 30.0 Å². The van der Waals surface area contributed by atoms with Crippen LogP contribution in [0.5, 0.6) is 0 Å². The molecule has 0 aliphatic carbocycles. The van der Waals surface area contributed by atoms with E-state index in [-0.39, 0.29) is 36.0 Å². The highest BCUT2D eigenvalue weighted by atomic mass is 16.6. The topological polar surface area (TPSA) is 147 Å². The van der Waals surface area contributed by atoms with E-state index >= 15 is 0 Å². The van der Waals surface area contributed by atoms with Crippen molar-refractivity contribution in [2.75, 3.05) is 11.9 Å². The van der Waals surface area contributed by atoms with Crippen molar-refractivity contribution >= 4 is 23.4 Å². The molecule has 1 aromatic carbocycles. The van der Waals surface area contributed by atoms with Crippen LogP contribution in [-0.2, 0) is 11.3 Å². The quantitative estimate of drug-likeness (QED) is 0.245. The number of rotatable bonds is 8. The first-order valence-corrected chi connectivity index (χ1v) is 9.83. The number of amides is 1. The molecule has 33 heavy (non-hydrogen) atoms. The summed E-state index contributed by atoms with van der Waals surface area (Å²) in [7, 11) is 0. The fourth-order valence-electron chi connectivity index (χ4n) is 3.04. The van der Waals surface area contributed by atoms with Gasteiger partial charge in [0.25, 0.3) is 5.91 Å². The summed E-state index contributed by atoms with van der Waals surface area (Å²) in [4.78, 5) is 35.5. The second-order valence-corrected chi connectivity index (χ2v) is 6.75. The van der Waals surface area contributed by atoms with E-state index in [1.165, 1.54) is 27.8 Å². The summed E-state index contributed by atoms with van der Waals surface area (Å²) in [5, 5.41) is 21.6. The number of para-hydroxylation sites is 1. The Morgan fingerprint density at radius 2 is 1.94 bits per heavy atom. The van der Waals surface area contributed by atoms with E-state index in [2.05, 4.69) is 15.5 Å². The Hall–Kier alpha value is -4.74. The van der Waals surface area contributed by atoms with Crippen LogP contribution >= 0.6 is 0 Å². The van der Waals surface area contributed by atoms with Crippen molar-refractivity contribution in [1.82, 2.24) is 19.6 Å². The predicted molar refractivity (Wildman–Crippen MR) is 114 cm³/mol. The van der Waals surface area contributed by atoms with Crippen molar-refractivity contribution in [3.8, 4) is 5.69 Å². The number of nitro groups is 1. The second-order valence-electron chi connectivity index (χ2n) is 6.75. The highest BCUT2D eigenvalue weighted by molar-refractivity contribution is 6.06. The summed E-state index contributed by atoms with van der Waals surface area (Å²) in [6.07, 6.45) is 3.70. The first-order valence-electron chi connectivity index (χ1n) is 9.83. The Morgan fingerprint density at radius 1 is 1.15 bits per heavy atom. The number of nitrogens with zero attached hydrogens (tertiary/aromatic N) is 5. The van der Waals surface area contributed by atoms with Gasteiger partial charge in [-0.25, -0.2) is 9.48 Å². The van der Waals surface area contributed by atoms with Crippen molar-refractivity contribution < 1.29 is 23.7 Å². The molecular formula is C21H18N6O6. The van der Waals surface area contributed by atoms with Crippen LogP contribution in [0.2, 0.25) is 0 Å². The Bertz CT molecular complexity index is 1310. The largest absolute Gasteiger partial charge is 0.462 e. The van der Waals surface area contributed by atoms with Gasteiger partial charge in [0, 0.05) is 0 Å². The molecule has 0 unspecified atom stereocenters. The minimum Gasteiger partial charge on any atom is -0.462 e. The minimum atomic E-state index is -0.629. The lowest BCUT2D eigenvalue weighted by atomic mass is 10.3. The molecule has 0 saturated heterocycles. The third-order valence-corrected chi connectivity index (χ3v) is 4.53. The molecule has 168 valence electrons. The number of nitrogens with one attached hydrogen (secondary N) is 1. The normalized spacial score (nSPS) is 10.7. The Morgan fingerprint density at radius 3 is 2.64 bits per heavy atom. The summed E-state index contributed by atoms with van der Waals surface area (Å²) in [6, 6.07) is 12.0. The average Bonchev–Trinajstić information content (AvgIpc) is 3.55. The van der Waals surface area contributed by atoms with Gasteiger partial charge in [-0.05, 0) is 31.2 Å². The summed E-state index contributed by atoms with van der Waals surface area (Å²) in [5.74, 6) is -0.778. The molecular weight excluding hydrogens is 432 g/mol. The molecule has 0 fully saturated rings. The summed E-state index contributed by atoms with van der Waals surface area (Å²) >= 11 is 0. The van der Waals surface area contributed by atoms with Crippen molar-refractivity contribution in [1.29, 1.82) is 0 Å². The maximum Gasteiger partial charge on any atom is 0.343 e. The van der Waals surface area contributed by atoms with Gasteiger partial charge < -0.3 is 14.5 Å². The Kier molecular flexibility index (Phi) is 5.98. The van der Waals surface area contributed by atoms with Crippen LogP contribution in [-0.4, -0.2) is 43.0 Å². The lowest BCUT2D eigenvalue weighted by Crippen LogP contribution is -2.17. The van der Waals surface area contributed by atoms with Gasteiger partial charge >= 0.3 is 11.7 Å². The molecule has 0 bridgehead atoms. The molecule has 4 aromatic rings. The Labute approximate surface area is 186 Å². The van der Waals surface area contributed by atoms with Gasteiger partial charge in [-0.1, -0.05) is 18.2 Å². The maximum atomic E-state index is 12.9. The first kappa shape index (κ1) is 21.5. The van der Waals surface area contributed by atoms with Crippen LogP contribution in [0.1, 0.15) is 33.6 Å². The van der Waals surface area contributed by atoms with Crippen molar-refractivity contribution in [2.24, 2.45) is 0 Å². The lowest BCUT2D eigenvalue weighted by molar-refractivity contribution is -0.385. The molecule has 4 rings (SSSR count). The molecule has 12 nitrogen and oxygen atoms in total.